The summed E-state index contributed by atoms with van der Waals surface area (Å²) < 4.78 is 6.82. The predicted octanol–water partition coefficient (Wildman–Crippen LogP) is 2.37. The van der Waals surface area contributed by atoms with Crippen LogP contribution in [0.5, 0.6) is 0 Å². The molecule has 0 bridgehead atoms. The average molecular weight is 314 g/mol. The molecule has 0 N–H and O–H groups in total. The van der Waals surface area contributed by atoms with Gasteiger partial charge in [-0.1, -0.05) is 11.6 Å². The van der Waals surface area contributed by atoms with Gasteiger partial charge in [-0.15, -0.1) is 11.3 Å². The number of hydrogen-bond acceptors (Lipinski definition) is 6. The molecule has 0 radical (unpaired) electrons. The molecule has 0 aliphatic carbocycles. The fraction of sp³-hybridized carbons (Fsp3) is 0.333. The molecule has 106 valence electrons. The van der Waals surface area contributed by atoms with Crippen molar-refractivity contribution in [1.29, 1.82) is 0 Å². The van der Waals surface area contributed by atoms with Crippen molar-refractivity contribution in [2.75, 3.05) is 6.61 Å². The van der Waals surface area contributed by atoms with Crippen molar-refractivity contribution in [2.45, 2.75) is 19.4 Å². The van der Waals surface area contributed by atoms with Gasteiger partial charge in [-0.25, -0.2) is 14.5 Å². The average Bonchev–Trinajstić information content (AvgIpc) is 3.07. The standard InChI is InChI=1S/C12H12ClN3O3S/c1-2-19-12(18)8(16-7-14-6-15-16)5-9(17)10-3-4-11(13)20-10/h3-4,6-8H,2,5H2,1H3. The first kappa shape index (κ1) is 14.7. The maximum absolute atomic E-state index is 12.2. The molecular formula is C12H12ClN3O3S. The quantitative estimate of drug-likeness (QED) is 0.604. The van der Waals surface area contributed by atoms with Crippen LogP contribution in [0.3, 0.4) is 0 Å². The van der Waals surface area contributed by atoms with E-state index < -0.39 is 12.0 Å². The smallest absolute Gasteiger partial charge is 0.331 e. The topological polar surface area (TPSA) is 74.1 Å². The fourth-order valence-electron chi connectivity index (χ4n) is 1.64. The van der Waals surface area contributed by atoms with Gasteiger partial charge in [0.2, 0.25) is 0 Å². The van der Waals surface area contributed by atoms with Gasteiger partial charge >= 0.3 is 5.97 Å². The number of ketones is 1. The minimum Gasteiger partial charge on any atom is -0.464 e. The van der Waals surface area contributed by atoms with Gasteiger partial charge in [0.1, 0.15) is 12.7 Å². The lowest BCUT2D eigenvalue weighted by molar-refractivity contribution is -0.147. The lowest BCUT2D eigenvalue weighted by Gasteiger charge is -2.14. The third kappa shape index (κ3) is 3.43. The summed E-state index contributed by atoms with van der Waals surface area (Å²) in [5.41, 5.74) is 0. The van der Waals surface area contributed by atoms with Crippen molar-refractivity contribution in [2.24, 2.45) is 0 Å². The lowest BCUT2D eigenvalue weighted by atomic mass is 10.1. The number of rotatable bonds is 6. The molecule has 2 aromatic rings. The van der Waals surface area contributed by atoms with E-state index in [0.717, 1.165) is 0 Å². The summed E-state index contributed by atoms with van der Waals surface area (Å²) >= 11 is 6.98. The SMILES string of the molecule is CCOC(=O)C(CC(=O)c1ccc(Cl)s1)n1cncn1. The molecule has 1 atom stereocenters. The maximum Gasteiger partial charge on any atom is 0.331 e. The van der Waals surface area contributed by atoms with E-state index in [1.807, 2.05) is 0 Å². The molecule has 0 spiro atoms. The Hall–Kier alpha value is -1.73. The van der Waals surface area contributed by atoms with Crippen molar-refractivity contribution < 1.29 is 14.3 Å². The Balaban J connectivity index is 2.16. The molecule has 0 aromatic carbocycles. The monoisotopic (exact) mass is 313 g/mol. The summed E-state index contributed by atoms with van der Waals surface area (Å²) in [5, 5.41) is 3.90. The number of ether oxygens (including phenoxy) is 1. The third-order valence-electron chi connectivity index (χ3n) is 2.54. The van der Waals surface area contributed by atoms with Crippen molar-refractivity contribution in [1.82, 2.24) is 14.8 Å². The van der Waals surface area contributed by atoms with Crippen LogP contribution in [0.2, 0.25) is 4.34 Å². The molecule has 0 aliphatic rings. The van der Waals surface area contributed by atoms with E-state index in [1.165, 1.54) is 28.7 Å². The van der Waals surface area contributed by atoms with Crippen molar-refractivity contribution >= 4 is 34.7 Å². The van der Waals surface area contributed by atoms with Crippen molar-refractivity contribution in [3.05, 3.63) is 34.0 Å². The molecule has 2 aromatic heterocycles. The van der Waals surface area contributed by atoms with Crippen LogP contribution in [-0.4, -0.2) is 33.1 Å². The number of esters is 1. The van der Waals surface area contributed by atoms with Crippen LogP contribution < -0.4 is 0 Å². The number of thiophene rings is 1. The highest BCUT2D eigenvalue weighted by molar-refractivity contribution is 7.18. The highest BCUT2D eigenvalue weighted by Gasteiger charge is 2.26. The van der Waals surface area contributed by atoms with Gasteiger partial charge in [-0.2, -0.15) is 5.10 Å². The molecule has 2 heterocycles. The van der Waals surface area contributed by atoms with Crippen LogP contribution in [-0.2, 0) is 9.53 Å². The molecule has 2 rings (SSSR count). The van der Waals surface area contributed by atoms with Gasteiger partial charge in [0.25, 0.3) is 0 Å². The second kappa shape index (κ2) is 6.62. The first-order valence-corrected chi connectivity index (χ1v) is 7.10. The zero-order chi connectivity index (χ0) is 14.5. The number of nitrogens with zero attached hydrogens (tertiary/aromatic N) is 3. The van der Waals surface area contributed by atoms with Crippen LogP contribution in [0.4, 0.5) is 0 Å². The largest absolute Gasteiger partial charge is 0.464 e. The lowest BCUT2D eigenvalue weighted by Crippen LogP contribution is -2.25. The van der Waals surface area contributed by atoms with E-state index in [9.17, 15) is 9.59 Å². The Morgan fingerprint density at radius 3 is 2.85 bits per heavy atom. The number of carbonyl (C=O) groups excluding carboxylic acids is 2. The summed E-state index contributed by atoms with van der Waals surface area (Å²) in [4.78, 5) is 28.4. The summed E-state index contributed by atoms with van der Waals surface area (Å²) in [6, 6.07) is 2.47. The molecule has 6 nitrogen and oxygen atoms in total. The molecular weight excluding hydrogens is 302 g/mol. The Kier molecular flexibility index (Phi) is 4.86. The van der Waals surface area contributed by atoms with E-state index in [4.69, 9.17) is 16.3 Å². The number of hydrogen-bond donors (Lipinski definition) is 0. The normalized spacial score (nSPS) is 12.1. The van der Waals surface area contributed by atoms with Crippen molar-refractivity contribution in [3.8, 4) is 0 Å². The summed E-state index contributed by atoms with van der Waals surface area (Å²) in [6.45, 7) is 1.94. The predicted molar refractivity (Wildman–Crippen MR) is 74.0 cm³/mol. The number of aromatic nitrogens is 3. The van der Waals surface area contributed by atoms with Gasteiger partial charge in [0.05, 0.1) is 15.8 Å². The molecule has 20 heavy (non-hydrogen) atoms. The second-order valence-corrected chi connectivity index (χ2v) is 5.59. The van der Waals surface area contributed by atoms with E-state index in [2.05, 4.69) is 10.1 Å². The summed E-state index contributed by atoms with van der Waals surface area (Å²) in [6.07, 6.45) is 2.65. The molecule has 0 fully saturated rings. The number of Topliss-reactive ketones (excluding diaryl/α,β-unsaturated/α-hetero) is 1. The minimum atomic E-state index is -0.814. The van der Waals surface area contributed by atoms with Gasteiger partial charge in [0, 0.05) is 6.42 Å². The Labute approximate surface area is 124 Å². The van der Waals surface area contributed by atoms with E-state index in [0.29, 0.717) is 9.21 Å². The second-order valence-electron chi connectivity index (χ2n) is 3.87. The van der Waals surface area contributed by atoms with Crippen LogP contribution in [0.15, 0.2) is 24.8 Å². The van der Waals surface area contributed by atoms with Crippen LogP contribution >= 0.6 is 22.9 Å². The Morgan fingerprint density at radius 2 is 2.30 bits per heavy atom. The van der Waals surface area contributed by atoms with E-state index >= 15 is 0 Å². The number of carbonyl (C=O) groups is 2. The zero-order valence-electron chi connectivity index (χ0n) is 10.7. The maximum atomic E-state index is 12.2. The highest BCUT2D eigenvalue weighted by Crippen LogP contribution is 2.25. The molecule has 8 heteroatoms. The molecule has 0 aliphatic heterocycles. The molecule has 0 amide bonds. The van der Waals surface area contributed by atoms with Crippen LogP contribution in [0.1, 0.15) is 29.1 Å². The van der Waals surface area contributed by atoms with Gasteiger partial charge in [0.15, 0.2) is 11.8 Å². The van der Waals surface area contributed by atoms with Gasteiger partial charge in [-0.05, 0) is 19.1 Å². The van der Waals surface area contributed by atoms with Crippen LogP contribution in [0.25, 0.3) is 0 Å². The van der Waals surface area contributed by atoms with Gasteiger partial charge in [-0.3, -0.25) is 4.79 Å². The Bertz CT molecular complexity index is 597. The molecule has 0 saturated heterocycles. The highest BCUT2D eigenvalue weighted by atomic mass is 35.5. The minimum absolute atomic E-state index is 0.0426. The van der Waals surface area contributed by atoms with Crippen molar-refractivity contribution in [3.63, 3.8) is 0 Å². The summed E-state index contributed by atoms with van der Waals surface area (Å²) in [5.74, 6) is -0.690. The zero-order valence-corrected chi connectivity index (χ0v) is 12.2. The van der Waals surface area contributed by atoms with Gasteiger partial charge < -0.3 is 4.74 Å². The molecule has 1 unspecified atom stereocenters. The van der Waals surface area contributed by atoms with E-state index in [1.54, 1.807) is 19.1 Å². The molecule has 0 saturated carbocycles. The Morgan fingerprint density at radius 1 is 1.50 bits per heavy atom. The third-order valence-corrected chi connectivity index (χ3v) is 3.81. The fourth-order valence-corrected chi connectivity index (χ4v) is 2.63. The summed E-state index contributed by atoms with van der Waals surface area (Å²) in [7, 11) is 0. The van der Waals surface area contributed by atoms with E-state index in [-0.39, 0.29) is 18.8 Å². The first-order valence-electron chi connectivity index (χ1n) is 5.91. The van der Waals surface area contributed by atoms with Crippen LogP contribution in [0, 0.1) is 0 Å². The number of halogens is 1. The first-order chi connectivity index (χ1) is 9.61.